The number of nitrogens with two attached hydrogens (primary N) is 1. The van der Waals surface area contributed by atoms with E-state index < -0.39 is 11.7 Å². The zero-order chi connectivity index (χ0) is 21.1. The number of primary amides is 1. The third-order valence-electron chi connectivity index (χ3n) is 7.76. The van der Waals surface area contributed by atoms with Crippen LogP contribution in [0.25, 0.3) is 0 Å². The average Bonchev–Trinajstić information content (AvgIpc) is 3.31. The first kappa shape index (κ1) is 21.4. The predicted molar refractivity (Wildman–Crippen MR) is 118 cm³/mol. The summed E-state index contributed by atoms with van der Waals surface area (Å²) in [4.78, 5) is 12.0. The molecule has 164 valence electrons. The second kappa shape index (κ2) is 8.72. The highest BCUT2D eigenvalue weighted by Gasteiger charge is 2.72. The molecule has 3 N–H and O–H groups in total. The van der Waals surface area contributed by atoms with Gasteiger partial charge < -0.3 is 20.5 Å². The van der Waals surface area contributed by atoms with E-state index in [0.717, 1.165) is 64.3 Å². The van der Waals surface area contributed by atoms with Crippen molar-refractivity contribution < 1.29 is 14.3 Å². The van der Waals surface area contributed by atoms with Crippen LogP contribution in [-0.2, 0) is 14.9 Å². The van der Waals surface area contributed by atoms with E-state index in [2.05, 4.69) is 36.2 Å². The van der Waals surface area contributed by atoms with E-state index in [-0.39, 0.29) is 10.8 Å². The van der Waals surface area contributed by atoms with Crippen LogP contribution < -0.4 is 11.1 Å². The fraction of sp³-hybridized carbons (Fsp3) is 0.640. The third kappa shape index (κ3) is 4.15. The van der Waals surface area contributed by atoms with Crippen LogP contribution in [0, 0.1) is 11.3 Å². The molecule has 1 amide bonds. The van der Waals surface area contributed by atoms with E-state index in [0.29, 0.717) is 0 Å². The van der Waals surface area contributed by atoms with Gasteiger partial charge in [-0.05, 0) is 68.5 Å². The second-order valence-electron chi connectivity index (χ2n) is 9.77. The number of piperidine rings is 1. The summed E-state index contributed by atoms with van der Waals surface area (Å²) in [6.07, 6.45) is 9.58. The van der Waals surface area contributed by atoms with Crippen LogP contribution in [0.4, 0.5) is 4.79 Å². The zero-order valence-corrected chi connectivity index (χ0v) is 18.0. The van der Waals surface area contributed by atoms with Gasteiger partial charge in [0.15, 0.2) is 0 Å². The Bertz CT molecular complexity index is 742. The zero-order valence-electron chi connectivity index (χ0n) is 18.0. The first-order chi connectivity index (χ1) is 14.5. The Labute approximate surface area is 180 Å². The number of hydrogen-bond acceptors (Lipinski definition) is 4. The van der Waals surface area contributed by atoms with Crippen LogP contribution in [0.3, 0.4) is 0 Å². The molecule has 2 aliphatic carbocycles. The van der Waals surface area contributed by atoms with Gasteiger partial charge in [-0.3, -0.25) is 0 Å². The first-order valence-corrected chi connectivity index (χ1v) is 11.5. The van der Waals surface area contributed by atoms with Gasteiger partial charge in [0.05, 0.1) is 6.61 Å². The molecule has 1 saturated heterocycles. The van der Waals surface area contributed by atoms with E-state index in [1.165, 1.54) is 24.8 Å². The van der Waals surface area contributed by atoms with Gasteiger partial charge in [-0.2, -0.15) is 0 Å². The van der Waals surface area contributed by atoms with Gasteiger partial charge in [0.25, 0.3) is 0 Å². The van der Waals surface area contributed by atoms with E-state index in [1.54, 1.807) is 0 Å². The highest BCUT2D eigenvalue weighted by Crippen LogP contribution is 2.67. The minimum absolute atomic E-state index is 0.00213. The summed E-state index contributed by atoms with van der Waals surface area (Å²) in [5.41, 5.74) is 5.95. The molecule has 30 heavy (non-hydrogen) atoms. The van der Waals surface area contributed by atoms with Gasteiger partial charge in [-0.15, -0.1) is 6.58 Å². The third-order valence-corrected chi connectivity index (χ3v) is 7.76. The summed E-state index contributed by atoms with van der Waals surface area (Å²) >= 11 is 0. The van der Waals surface area contributed by atoms with Crippen molar-refractivity contribution in [3.05, 3.63) is 48.6 Å². The number of benzene rings is 1. The molecule has 1 aromatic rings. The van der Waals surface area contributed by atoms with Gasteiger partial charge in [0, 0.05) is 18.4 Å². The molecule has 0 spiro atoms. The van der Waals surface area contributed by atoms with Crippen LogP contribution in [-0.4, -0.2) is 38.0 Å². The number of rotatable bonds is 10. The smallest absolute Gasteiger partial charge is 0.405 e. The molecule has 1 aromatic carbocycles. The minimum atomic E-state index is -0.684. The highest BCUT2D eigenvalue weighted by molar-refractivity contribution is 5.67. The number of ether oxygens (including phenoxy) is 2. The predicted octanol–water partition coefficient (Wildman–Crippen LogP) is 4.31. The summed E-state index contributed by atoms with van der Waals surface area (Å²) in [5, 5.41) is 3.48. The number of amides is 1. The number of hydrogen-bond donors (Lipinski definition) is 2. The van der Waals surface area contributed by atoms with Crippen molar-refractivity contribution in [1.82, 2.24) is 5.32 Å². The van der Waals surface area contributed by atoms with Gasteiger partial charge >= 0.3 is 6.09 Å². The Morgan fingerprint density at radius 2 is 1.97 bits per heavy atom. The summed E-state index contributed by atoms with van der Waals surface area (Å²) in [6, 6.07) is 10.4. The molecule has 1 heterocycles. The van der Waals surface area contributed by atoms with Crippen molar-refractivity contribution in [3.8, 4) is 0 Å². The molecule has 3 fully saturated rings. The van der Waals surface area contributed by atoms with Crippen molar-refractivity contribution >= 4 is 6.09 Å². The number of carbonyl (C=O) groups excluding carboxylic acids is 1. The van der Waals surface area contributed by atoms with Gasteiger partial charge in [0.2, 0.25) is 0 Å². The molecular weight excluding hydrogens is 376 g/mol. The summed E-state index contributed by atoms with van der Waals surface area (Å²) in [5.74, 6) is 0.727. The number of allylic oxidation sites excluding steroid dienone is 1. The molecular formula is C25H36N2O3. The van der Waals surface area contributed by atoms with E-state index in [1.807, 2.05) is 12.1 Å². The van der Waals surface area contributed by atoms with Crippen molar-refractivity contribution in [3.63, 3.8) is 0 Å². The van der Waals surface area contributed by atoms with Gasteiger partial charge in [-0.1, -0.05) is 42.8 Å². The Hall–Kier alpha value is -1.85. The van der Waals surface area contributed by atoms with E-state index in [9.17, 15) is 4.79 Å². The van der Waals surface area contributed by atoms with Crippen LogP contribution in [0.1, 0.15) is 56.9 Å². The van der Waals surface area contributed by atoms with Crippen molar-refractivity contribution in [2.45, 2.75) is 62.4 Å². The topological polar surface area (TPSA) is 73.6 Å². The Morgan fingerprint density at radius 3 is 2.57 bits per heavy atom. The maximum Gasteiger partial charge on any atom is 0.405 e. The van der Waals surface area contributed by atoms with Crippen molar-refractivity contribution in [2.24, 2.45) is 17.1 Å². The van der Waals surface area contributed by atoms with Crippen LogP contribution >= 0.6 is 0 Å². The Balaban J connectivity index is 1.58. The second-order valence-corrected chi connectivity index (χ2v) is 9.77. The largest absolute Gasteiger partial charge is 0.442 e. The summed E-state index contributed by atoms with van der Waals surface area (Å²) in [7, 11) is 0. The fourth-order valence-corrected chi connectivity index (χ4v) is 5.82. The van der Waals surface area contributed by atoms with Crippen LogP contribution in [0.5, 0.6) is 0 Å². The molecule has 5 nitrogen and oxygen atoms in total. The minimum Gasteiger partial charge on any atom is -0.442 e. The molecule has 3 aliphatic rings. The molecule has 0 aromatic heterocycles. The molecule has 5 heteroatoms. The van der Waals surface area contributed by atoms with Gasteiger partial charge in [-0.25, -0.2) is 4.79 Å². The fourth-order valence-electron chi connectivity index (χ4n) is 5.82. The maximum absolute atomic E-state index is 12.0. The lowest BCUT2D eigenvalue weighted by Crippen LogP contribution is -2.46. The summed E-state index contributed by atoms with van der Waals surface area (Å²) < 4.78 is 12.2. The van der Waals surface area contributed by atoms with Crippen molar-refractivity contribution in [1.29, 1.82) is 0 Å². The molecule has 1 aliphatic heterocycles. The first-order valence-electron chi connectivity index (χ1n) is 11.5. The number of carbonyl (C=O) groups is 1. The molecule has 0 radical (unpaired) electrons. The lowest BCUT2D eigenvalue weighted by atomic mass is 9.72. The molecule has 2 atom stereocenters. The van der Waals surface area contributed by atoms with E-state index >= 15 is 0 Å². The summed E-state index contributed by atoms with van der Waals surface area (Å²) in [6.45, 7) is 7.53. The van der Waals surface area contributed by atoms with E-state index in [4.69, 9.17) is 15.2 Å². The molecule has 2 saturated carbocycles. The quantitative estimate of drug-likeness (QED) is 0.562. The SMILES string of the molecule is C=CC[C@@]1(c2ccccc2)C[C@]1(CC1(COCC2CCC2)CCNCC1)OC(N)=O. The number of nitrogens with one attached hydrogen (secondary N) is 1. The Morgan fingerprint density at radius 1 is 1.23 bits per heavy atom. The monoisotopic (exact) mass is 412 g/mol. The van der Waals surface area contributed by atoms with Gasteiger partial charge in [0.1, 0.15) is 5.60 Å². The Kier molecular flexibility index (Phi) is 6.21. The average molecular weight is 413 g/mol. The lowest BCUT2D eigenvalue weighted by Gasteiger charge is -2.41. The normalized spacial score (nSPS) is 30.3. The highest BCUT2D eigenvalue weighted by atomic mass is 16.6. The molecule has 0 bridgehead atoms. The standard InChI is InChI=1S/C25H36N2O3/c1-2-11-24(21-9-4-3-5-10-21)18-25(24,30-22(26)28)17-23(12-14-27-15-13-23)19-29-16-20-7-6-8-20/h2-5,9-10,20,27H,1,6-8,11-19H2,(H2,26,28)/t24-,25-/m0/s1. The van der Waals surface area contributed by atoms with Crippen LogP contribution in [0.15, 0.2) is 43.0 Å². The van der Waals surface area contributed by atoms with Crippen LogP contribution in [0.2, 0.25) is 0 Å². The lowest BCUT2D eigenvalue weighted by molar-refractivity contribution is -0.0420. The maximum atomic E-state index is 12.0. The molecule has 0 unspecified atom stereocenters. The van der Waals surface area contributed by atoms with Crippen molar-refractivity contribution in [2.75, 3.05) is 26.3 Å². The molecule has 4 rings (SSSR count).